The molecule has 0 aromatic heterocycles. The third-order valence-corrected chi connectivity index (χ3v) is 8.70. The van der Waals surface area contributed by atoms with Gasteiger partial charge in [-0.2, -0.15) is 0 Å². The van der Waals surface area contributed by atoms with E-state index >= 15 is 0 Å². The number of benzene rings is 3. The number of nitrogens with zero attached hydrogens (tertiary/aromatic N) is 2. The van der Waals surface area contributed by atoms with Crippen molar-refractivity contribution >= 4 is 43.5 Å². The first-order valence-corrected chi connectivity index (χ1v) is 14.9. The zero-order valence-corrected chi connectivity index (χ0v) is 24.9. The molecule has 0 aliphatic heterocycles. The maximum absolute atomic E-state index is 14.0. The summed E-state index contributed by atoms with van der Waals surface area (Å²) in [6.07, 6.45) is 0.732. The zero-order valence-electron chi connectivity index (χ0n) is 22.5. The van der Waals surface area contributed by atoms with E-state index in [9.17, 15) is 18.0 Å². The predicted molar refractivity (Wildman–Crippen MR) is 156 cm³/mol. The first-order valence-electron chi connectivity index (χ1n) is 12.6. The molecule has 0 unspecified atom stereocenters. The Labute approximate surface area is 239 Å². The van der Waals surface area contributed by atoms with E-state index in [1.54, 1.807) is 49.4 Å². The quantitative estimate of drug-likeness (QED) is 0.310. The highest BCUT2D eigenvalue weighted by Crippen LogP contribution is 2.32. The van der Waals surface area contributed by atoms with Crippen LogP contribution in [0.2, 0.25) is 0 Å². The van der Waals surface area contributed by atoms with Crippen molar-refractivity contribution in [2.75, 3.05) is 18.0 Å². The van der Waals surface area contributed by atoms with Gasteiger partial charge in [0.2, 0.25) is 11.8 Å². The highest BCUT2D eigenvalue weighted by atomic mass is 79.9. The Morgan fingerprint density at radius 2 is 1.56 bits per heavy atom. The van der Waals surface area contributed by atoms with E-state index in [4.69, 9.17) is 4.74 Å². The number of sulfonamides is 1. The largest absolute Gasteiger partial charge is 0.495 e. The average Bonchev–Trinajstić information content (AvgIpc) is 2.95. The van der Waals surface area contributed by atoms with Crippen molar-refractivity contribution in [1.82, 2.24) is 10.2 Å². The molecule has 0 saturated carbocycles. The van der Waals surface area contributed by atoms with Gasteiger partial charge in [-0.3, -0.25) is 13.9 Å². The van der Waals surface area contributed by atoms with E-state index in [2.05, 4.69) is 21.2 Å². The molecule has 2 amide bonds. The van der Waals surface area contributed by atoms with E-state index in [0.29, 0.717) is 5.75 Å². The van der Waals surface area contributed by atoms with Crippen LogP contribution in [0, 0.1) is 0 Å². The van der Waals surface area contributed by atoms with Gasteiger partial charge >= 0.3 is 0 Å². The molecule has 0 heterocycles. The molecule has 0 aliphatic rings. The van der Waals surface area contributed by atoms with Gasteiger partial charge in [0.15, 0.2) is 0 Å². The van der Waals surface area contributed by atoms with Crippen LogP contribution in [-0.2, 0) is 26.2 Å². The lowest BCUT2D eigenvalue weighted by atomic mass is 10.1. The number of hydrogen-bond donors (Lipinski definition) is 1. The predicted octanol–water partition coefficient (Wildman–Crippen LogP) is 4.99. The van der Waals surface area contributed by atoms with Crippen molar-refractivity contribution in [3.05, 3.63) is 88.9 Å². The minimum absolute atomic E-state index is 0.0331. The third-order valence-electron chi connectivity index (χ3n) is 6.40. The Morgan fingerprint density at radius 3 is 2.18 bits per heavy atom. The average molecular weight is 617 g/mol. The fourth-order valence-electron chi connectivity index (χ4n) is 3.90. The summed E-state index contributed by atoms with van der Waals surface area (Å²) in [5.41, 5.74) is 1.02. The molecule has 0 fully saturated rings. The molecule has 0 saturated heterocycles. The number of halogens is 1. The lowest BCUT2D eigenvalue weighted by Crippen LogP contribution is -2.52. The number of para-hydroxylation sites is 2. The van der Waals surface area contributed by atoms with Crippen LogP contribution in [-0.4, -0.2) is 50.9 Å². The molecule has 10 heteroatoms. The molecule has 0 spiro atoms. The monoisotopic (exact) mass is 615 g/mol. The normalized spacial score (nSPS) is 12.7. The van der Waals surface area contributed by atoms with Crippen LogP contribution in [0.3, 0.4) is 0 Å². The Morgan fingerprint density at radius 1 is 0.949 bits per heavy atom. The second kappa shape index (κ2) is 13.6. The molecular weight excluding hydrogens is 582 g/mol. The van der Waals surface area contributed by atoms with Gasteiger partial charge in [0.1, 0.15) is 18.3 Å². The van der Waals surface area contributed by atoms with E-state index in [-0.39, 0.29) is 29.1 Å². The van der Waals surface area contributed by atoms with Gasteiger partial charge in [-0.05, 0) is 62.2 Å². The van der Waals surface area contributed by atoms with Crippen molar-refractivity contribution in [2.45, 2.75) is 50.7 Å². The fourth-order valence-corrected chi connectivity index (χ4v) is 5.61. The summed E-state index contributed by atoms with van der Waals surface area (Å²) in [5.74, 6) is -0.550. The van der Waals surface area contributed by atoms with E-state index in [1.807, 2.05) is 38.1 Å². The second-order valence-electron chi connectivity index (χ2n) is 9.14. The Bertz CT molecular complexity index is 1370. The summed E-state index contributed by atoms with van der Waals surface area (Å²) >= 11 is 3.41. The van der Waals surface area contributed by atoms with Crippen LogP contribution in [0.25, 0.3) is 0 Å². The number of hydrogen-bond acceptors (Lipinski definition) is 5. The highest BCUT2D eigenvalue weighted by Gasteiger charge is 2.33. The molecule has 3 aromatic carbocycles. The molecule has 0 radical (unpaired) electrons. The molecule has 0 aliphatic carbocycles. The summed E-state index contributed by atoms with van der Waals surface area (Å²) < 4.78 is 35.1. The van der Waals surface area contributed by atoms with Crippen LogP contribution in [0.15, 0.2) is 88.2 Å². The number of ether oxygens (including phenoxy) is 1. The summed E-state index contributed by atoms with van der Waals surface area (Å²) in [5, 5.41) is 2.93. The molecule has 2 atom stereocenters. The van der Waals surface area contributed by atoms with Crippen LogP contribution in [0.1, 0.15) is 32.8 Å². The van der Waals surface area contributed by atoms with Gasteiger partial charge in [0, 0.05) is 17.1 Å². The van der Waals surface area contributed by atoms with Gasteiger partial charge in [-0.15, -0.1) is 0 Å². The Balaban J connectivity index is 2.04. The molecule has 1 N–H and O–H groups in total. The van der Waals surface area contributed by atoms with Crippen LogP contribution in [0.4, 0.5) is 5.69 Å². The molecule has 39 heavy (non-hydrogen) atoms. The summed E-state index contributed by atoms with van der Waals surface area (Å²) in [6.45, 7) is 5.08. The van der Waals surface area contributed by atoms with Gasteiger partial charge < -0.3 is 15.0 Å². The van der Waals surface area contributed by atoms with Crippen molar-refractivity contribution in [3.8, 4) is 5.75 Å². The number of methoxy groups -OCH3 is 1. The van der Waals surface area contributed by atoms with Gasteiger partial charge in [0.25, 0.3) is 10.0 Å². The Kier molecular flexibility index (Phi) is 10.5. The molecule has 3 rings (SSSR count). The summed E-state index contributed by atoms with van der Waals surface area (Å²) in [4.78, 5) is 28.5. The number of amides is 2. The van der Waals surface area contributed by atoms with Crippen molar-refractivity contribution in [2.24, 2.45) is 0 Å². The minimum Gasteiger partial charge on any atom is -0.495 e. The number of nitrogens with one attached hydrogen (secondary N) is 1. The summed E-state index contributed by atoms with van der Waals surface area (Å²) in [6, 6.07) is 21.0. The summed E-state index contributed by atoms with van der Waals surface area (Å²) in [7, 11) is -2.72. The second-order valence-corrected chi connectivity index (χ2v) is 11.9. The lowest BCUT2D eigenvalue weighted by molar-refractivity contribution is -0.139. The van der Waals surface area contributed by atoms with Crippen molar-refractivity contribution in [1.29, 1.82) is 0 Å². The molecule has 8 nitrogen and oxygen atoms in total. The molecule has 0 bridgehead atoms. The molecular formula is C29H34BrN3O5S. The maximum atomic E-state index is 14.0. The number of rotatable bonds is 12. The standard InChI is InChI=1S/C29H34BrN3O5S/c1-5-21(2)31-29(35)22(3)32(19-23-15-17-24(30)18-16-23)28(34)20-33(26-13-9-10-14-27(26)38-4)39(36,37)25-11-7-6-8-12-25/h6-18,21-22H,5,19-20H2,1-4H3,(H,31,35)/t21-,22-/m0/s1. The fraction of sp³-hybridized carbons (Fsp3) is 0.310. The zero-order chi connectivity index (χ0) is 28.6. The molecule has 208 valence electrons. The third kappa shape index (κ3) is 7.60. The van der Waals surface area contributed by atoms with Gasteiger partial charge in [0.05, 0.1) is 17.7 Å². The van der Waals surface area contributed by atoms with Gasteiger partial charge in [-0.25, -0.2) is 8.42 Å². The van der Waals surface area contributed by atoms with Crippen LogP contribution < -0.4 is 14.4 Å². The van der Waals surface area contributed by atoms with E-state index < -0.39 is 28.5 Å². The van der Waals surface area contributed by atoms with E-state index in [0.717, 1.165) is 20.8 Å². The lowest BCUT2D eigenvalue weighted by Gasteiger charge is -2.32. The van der Waals surface area contributed by atoms with Crippen molar-refractivity contribution in [3.63, 3.8) is 0 Å². The number of carbonyl (C=O) groups excluding carboxylic acids is 2. The smallest absolute Gasteiger partial charge is 0.264 e. The van der Waals surface area contributed by atoms with Crippen molar-refractivity contribution < 1.29 is 22.7 Å². The Hall–Kier alpha value is -3.37. The minimum atomic E-state index is -4.16. The topological polar surface area (TPSA) is 96.0 Å². The van der Waals surface area contributed by atoms with Crippen LogP contribution >= 0.6 is 15.9 Å². The van der Waals surface area contributed by atoms with E-state index in [1.165, 1.54) is 24.1 Å². The maximum Gasteiger partial charge on any atom is 0.264 e. The SMILES string of the molecule is CC[C@H](C)NC(=O)[C@H](C)N(Cc1ccc(Br)cc1)C(=O)CN(c1ccccc1OC)S(=O)(=O)c1ccccc1. The highest BCUT2D eigenvalue weighted by molar-refractivity contribution is 9.10. The van der Waals surface area contributed by atoms with Gasteiger partial charge in [-0.1, -0.05) is 65.3 Å². The number of anilines is 1. The number of carbonyl (C=O) groups is 2. The first-order chi connectivity index (χ1) is 18.6. The first kappa shape index (κ1) is 30.2. The molecule has 3 aromatic rings. The van der Waals surface area contributed by atoms with Crippen LogP contribution in [0.5, 0.6) is 5.75 Å².